The van der Waals surface area contributed by atoms with Crippen LogP contribution in [0.15, 0.2) is 0 Å². The first-order chi connectivity index (χ1) is 7.33. The molecule has 0 aliphatic heterocycles. The molecule has 0 bridgehead atoms. The molecule has 1 heteroatoms. The number of hydrogen-bond acceptors (Lipinski definition) is 1. The highest BCUT2D eigenvalue weighted by atomic mass is 16.1. The molecule has 2 aliphatic rings. The van der Waals surface area contributed by atoms with E-state index < -0.39 is 0 Å². The predicted octanol–water partition coefficient (Wildman–Crippen LogP) is 4.21. The third-order valence-corrected chi connectivity index (χ3v) is 4.82. The molecule has 1 nitrogen and oxygen atoms in total. The van der Waals surface area contributed by atoms with Crippen LogP contribution in [-0.2, 0) is 4.79 Å². The van der Waals surface area contributed by atoms with Crippen LogP contribution in [0.5, 0.6) is 0 Å². The molecule has 0 aromatic carbocycles. The highest BCUT2D eigenvalue weighted by Gasteiger charge is 2.43. The molecular formula is C15H26O. The van der Waals surface area contributed by atoms with E-state index in [-0.39, 0.29) is 10.8 Å². The van der Waals surface area contributed by atoms with E-state index in [9.17, 15) is 4.79 Å². The average molecular weight is 222 g/mol. The summed E-state index contributed by atoms with van der Waals surface area (Å²) in [7, 11) is 0. The number of rotatable bonds is 0. The summed E-state index contributed by atoms with van der Waals surface area (Å²) >= 11 is 0. The topological polar surface area (TPSA) is 17.1 Å². The molecule has 2 saturated carbocycles. The molecule has 2 aliphatic carbocycles. The Hall–Kier alpha value is -0.330. The van der Waals surface area contributed by atoms with Crippen LogP contribution in [0.1, 0.15) is 66.2 Å². The lowest BCUT2D eigenvalue weighted by atomic mass is 9.68. The lowest BCUT2D eigenvalue weighted by molar-refractivity contribution is -0.136. The maximum absolute atomic E-state index is 12.5. The van der Waals surface area contributed by atoms with E-state index in [0.717, 1.165) is 24.7 Å². The molecule has 92 valence electrons. The SMILES string of the molecule is CC1(C)CCC[C@@H]2C[C@H]2CCC(C)(C)C1=O. The molecule has 0 aromatic rings. The molecule has 0 saturated heterocycles. The fourth-order valence-electron chi connectivity index (χ4n) is 3.51. The van der Waals surface area contributed by atoms with Crippen LogP contribution in [-0.4, -0.2) is 5.78 Å². The van der Waals surface area contributed by atoms with Gasteiger partial charge in [0.25, 0.3) is 0 Å². The third-order valence-electron chi connectivity index (χ3n) is 4.82. The summed E-state index contributed by atoms with van der Waals surface area (Å²) in [5.74, 6) is 2.44. The molecule has 2 fully saturated rings. The summed E-state index contributed by atoms with van der Waals surface area (Å²) in [5.41, 5.74) is -0.209. The number of carbonyl (C=O) groups is 1. The van der Waals surface area contributed by atoms with Crippen LogP contribution in [0.3, 0.4) is 0 Å². The van der Waals surface area contributed by atoms with Gasteiger partial charge in [0.2, 0.25) is 0 Å². The molecular weight excluding hydrogens is 196 g/mol. The number of ketones is 1. The first kappa shape index (κ1) is 12.1. The van der Waals surface area contributed by atoms with Crippen LogP contribution < -0.4 is 0 Å². The highest BCUT2D eigenvalue weighted by Crippen LogP contribution is 2.49. The molecule has 0 heterocycles. The van der Waals surface area contributed by atoms with Crippen LogP contribution >= 0.6 is 0 Å². The van der Waals surface area contributed by atoms with Crippen LogP contribution in [0.2, 0.25) is 0 Å². The van der Waals surface area contributed by atoms with Crippen molar-refractivity contribution in [3.05, 3.63) is 0 Å². The van der Waals surface area contributed by atoms with Gasteiger partial charge < -0.3 is 0 Å². The minimum absolute atomic E-state index is 0.103. The summed E-state index contributed by atoms with van der Waals surface area (Å²) in [6.45, 7) is 8.58. The van der Waals surface area contributed by atoms with Crippen LogP contribution in [0.4, 0.5) is 0 Å². The molecule has 2 atom stereocenters. The Morgan fingerprint density at radius 1 is 0.938 bits per heavy atom. The second-order valence-electron chi connectivity index (χ2n) is 7.28. The van der Waals surface area contributed by atoms with E-state index in [2.05, 4.69) is 27.7 Å². The van der Waals surface area contributed by atoms with Crippen molar-refractivity contribution in [2.45, 2.75) is 66.2 Å². The zero-order valence-corrected chi connectivity index (χ0v) is 11.3. The fourth-order valence-corrected chi connectivity index (χ4v) is 3.51. The molecule has 0 unspecified atom stereocenters. The zero-order valence-electron chi connectivity index (χ0n) is 11.3. The Morgan fingerprint density at radius 2 is 1.50 bits per heavy atom. The van der Waals surface area contributed by atoms with Gasteiger partial charge in [-0.1, -0.05) is 40.5 Å². The summed E-state index contributed by atoms with van der Waals surface area (Å²) in [6, 6.07) is 0. The fraction of sp³-hybridized carbons (Fsp3) is 0.933. The number of Topliss-reactive ketones (excluding diaryl/α,β-unsaturated/α-hetero) is 1. The summed E-state index contributed by atoms with van der Waals surface area (Å²) in [5, 5.41) is 0. The summed E-state index contributed by atoms with van der Waals surface area (Å²) in [4.78, 5) is 12.5. The molecule has 0 radical (unpaired) electrons. The van der Waals surface area contributed by atoms with E-state index in [0.29, 0.717) is 5.78 Å². The van der Waals surface area contributed by atoms with Gasteiger partial charge in [-0.2, -0.15) is 0 Å². The largest absolute Gasteiger partial charge is 0.299 e. The Labute approximate surface area is 100.0 Å². The smallest absolute Gasteiger partial charge is 0.144 e. The molecule has 0 N–H and O–H groups in total. The van der Waals surface area contributed by atoms with Crippen LogP contribution in [0, 0.1) is 22.7 Å². The van der Waals surface area contributed by atoms with Crippen molar-refractivity contribution in [1.82, 2.24) is 0 Å². The van der Waals surface area contributed by atoms with Crippen molar-refractivity contribution >= 4 is 5.78 Å². The Bertz CT molecular complexity index is 288. The van der Waals surface area contributed by atoms with Crippen molar-refractivity contribution < 1.29 is 4.79 Å². The first-order valence-electron chi connectivity index (χ1n) is 6.88. The van der Waals surface area contributed by atoms with Gasteiger partial charge in [-0.05, 0) is 37.5 Å². The van der Waals surface area contributed by atoms with Gasteiger partial charge >= 0.3 is 0 Å². The molecule has 0 spiro atoms. The normalized spacial score (nSPS) is 37.6. The molecule has 0 aromatic heterocycles. The van der Waals surface area contributed by atoms with Gasteiger partial charge in [-0.3, -0.25) is 4.79 Å². The van der Waals surface area contributed by atoms with Crippen molar-refractivity contribution in [3.8, 4) is 0 Å². The Morgan fingerprint density at radius 3 is 2.19 bits per heavy atom. The maximum Gasteiger partial charge on any atom is 0.144 e. The zero-order chi connectivity index (χ0) is 12.0. The molecule has 16 heavy (non-hydrogen) atoms. The number of fused-ring (bicyclic) bond motifs is 1. The highest BCUT2D eigenvalue weighted by molar-refractivity contribution is 5.89. The van der Waals surface area contributed by atoms with Crippen LogP contribution in [0.25, 0.3) is 0 Å². The van der Waals surface area contributed by atoms with Gasteiger partial charge in [-0.15, -0.1) is 0 Å². The van der Waals surface area contributed by atoms with Gasteiger partial charge in [-0.25, -0.2) is 0 Å². The van der Waals surface area contributed by atoms with E-state index in [1.165, 1.54) is 25.7 Å². The van der Waals surface area contributed by atoms with Crippen molar-refractivity contribution in [2.75, 3.05) is 0 Å². The van der Waals surface area contributed by atoms with Crippen molar-refractivity contribution in [2.24, 2.45) is 22.7 Å². The van der Waals surface area contributed by atoms with Gasteiger partial charge in [0, 0.05) is 10.8 Å². The second-order valence-corrected chi connectivity index (χ2v) is 7.28. The third kappa shape index (κ3) is 2.33. The first-order valence-corrected chi connectivity index (χ1v) is 6.88. The van der Waals surface area contributed by atoms with Crippen molar-refractivity contribution in [3.63, 3.8) is 0 Å². The molecule has 2 rings (SSSR count). The number of hydrogen-bond donors (Lipinski definition) is 0. The number of carbonyl (C=O) groups excluding carboxylic acids is 1. The second kappa shape index (κ2) is 3.85. The van der Waals surface area contributed by atoms with E-state index in [1.807, 2.05) is 0 Å². The predicted molar refractivity (Wildman–Crippen MR) is 67.3 cm³/mol. The van der Waals surface area contributed by atoms with Gasteiger partial charge in [0.1, 0.15) is 5.78 Å². The Balaban J connectivity index is 2.12. The van der Waals surface area contributed by atoms with Gasteiger partial charge in [0.15, 0.2) is 0 Å². The maximum atomic E-state index is 12.5. The lowest BCUT2D eigenvalue weighted by Crippen LogP contribution is -2.37. The standard InChI is InChI=1S/C15H26O/c1-14(2)8-5-6-11-10-12(11)7-9-15(3,4)13(14)16/h11-12H,5-10H2,1-4H3/t11-,12-/m1/s1. The average Bonchev–Trinajstić information content (AvgIpc) is 2.91. The Kier molecular flexibility index (Phi) is 2.92. The summed E-state index contributed by atoms with van der Waals surface area (Å²) < 4.78 is 0. The van der Waals surface area contributed by atoms with E-state index in [4.69, 9.17) is 0 Å². The lowest BCUT2D eigenvalue weighted by Gasteiger charge is -2.34. The minimum atomic E-state index is -0.106. The quantitative estimate of drug-likeness (QED) is 0.600. The van der Waals surface area contributed by atoms with E-state index in [1.54, 1.807) is 0 Å². The van der Waals surface area contributed by atoms with Gasteiger partial charge in [0.05, 0.1) is 0 Å². The molecule has 0 amide bonds. The van der Waals surface area contributed by atoms with Crippen molar-refractivity contribution in [1.29, 1.82) is 0 Å². The summed E-state index contributed by atoms with van der Waals surface area (Å²) in [6.07, 6.45) is 7.50. The minimum Gasteiger partial charge on any atom is -0.299 e. The van der Waals surface area contributed by atoms with E-state index >= 15 is 0 Å². The monoisotopic (exact) mass is 222 g/mol.